The lowest BCUT2D eigenvalue weighted by Crippen LogP contribution is -2.02. The molecule has 0 spiro atoms. The number of hydrogen-bond donors (Lipinski definition) is 2. The molecule has 118 valence electrons. The Bertz CT molecular complexity index is 1060. The van der Waals surface area contributed by atoms with Crippen molar-refractivity contribution in [3.8, 4) is 22.5 Å². The van der Waals surface area contributed by atoms with E-state index < -0.39 is 0 Å². The zero-order valence-corrected chi connectivity index (χ0v) is 14.5. The molecule has 0 aliphatic heterocycles. The highest BCUT2D eigenvalue weighted by Crippen LogP contribution is 2.35. The summed E-state index contributed by atoms with van der Waals surface area (Å²) in [6, 6.07) is 7.53. The highest BCUT2D eigenvalue weighted by molar-refractivity contribution is 9.10. The molecule has 0 saturated heterocycles. The smallest absolute Gasteiger partial charge is 0.240 e. The van der Waals surface area contributed by atoms with E-state index in [4.69, 9.17) is 17.3 Å². The maximum atomic E-state index is 6.14. The maximum Gasteiger partial charge on any atom is 0.240 e. The van der Waals surface area contributed by atoms with Crippen LogP contribution in [0.25, 0.3) is 33.4 Å². The summed E-state index contributed by atoms with van der Waals surface area (Å²) in [5, 5.41) is 9.70. The van der Waals surface area contributed by atoms with Gasteiger partial charge in [0.15, 0.2) is 0 Å². The number of nitrogens with two attached hydrogens (primary N) is 1. The average molecular weight is 402 g/mol. The normalized spacial score (nSPS) is 11.1. The van der Waals surface area contributed by atoms with Crippen LogP contribution in [-0.4, -0.2) is 25.1 Å². The Labute approximate surface area is 150 Å². The van der Waals surface area contributed by atoms with Crippen molar-refractivity contribution in [2.45, 2.75) is 0 Å². The van der Waals surface area contributed by atoms with Crippen LogP contribution in [0.4, 0.5) is 5.95 Å². The van der Waals surface area contributed by atoms with Crippen molar-refractivity contribution >= 4 is 44.4 Å². The molecule has 1 aromatic carbocycles. The van der Waals surface area contributed by atoms with E-state index >= 15 is 0 Å². The number of anilines is 1. The summed E-state index contributed by atoms with van der Waals surface area (Å²) >= 11 is 9.56. The molecule has 3 heterocycles. The van der Waals surface area contributed by atoms with Crippen LogP contribution in [0.1, 0.15) is 0 Å². The van der Waals surface area contributed by atoms with Gasteiger partial charge in [0.1, 0.15) is 11.4 Å². The lowest BCUT2D eigenvalue weighted by atomic mass is 10.1. The molecule has 0 aliphatic rings. The van der Waals surface area contributed by atoms with Crippen LogP contribution in [0.15, 0.2) is 47.3 Å². The number of aromatic nitrogens is 5. The molecular formula is C16H10BrClN6. The molecule has 0 radical (unpaired) electrons. The van der Waals surface area contributed by atoms with Gasteiger partial charge in [0, 0.05) is 50.1 Å². The van der Waals surface area contributed by atoms with Crippen LogP contribution in [0.5, 0.6) is 0 Å². The number of halogens is 2. The molecule has 3 N–H and O–H groups in total. The standard InChI is InChI=1S/C16H10BrClN6/c17-9-3-8(5-20-6-9)14-15(22-16(19)24-23-14)12-7-21-13-2-1-10(18)4-11(12)13/h1-7,21H,(H2,19,22,24). The molecule has 0 atom stereocenters. The first-order chi connectivity index (χ1) is 11.6. The summed E-state index contributed by atoms with van der Waals surface area (Å²) in [7, 11) is 0. The van der Waals surface area contributed by atoms with Gasteiger partial charge < -0.3 is 10.7 Å². The average Bonchev–Trinajstić information content (AvgIpc) is 2.97. The summed E-state index contributed by atoms with van der Waals surface area (Å²) < 4.78 is 0.839. The van der Waals surface area contributed by atoms with Crippen LogP contribution < -0.4 is 5.73 Å². The third kappa shape index (κ3) is 2.61. The zero-order chi connectivity index (χ0) is 16.7. The van der Waals surface area contributed by atoms with Gasteiger partial charge in [0.25, 0.3) is 0 Å². The van der Waals surface area contributed by atoms with Crippen LogP contribution in [0.3, 0.4) is 0 Å². The van der Waals surface area contributed by atoms with Crippen molar-refractivity contribution < 1.29 is 0 Å². The Morgan fingerprint density at radius 1 is 1.08 bits per heavy atom. The van der Waals surface area contributed by atoms with E-state index in [1.54, 1.807) is 12.4 Å². The Morgan fingerprint density at radius 2 is 1.96 bits per heavy atom. The van der Waals surface area contributed by atoms with Gasteiger partial charge in [0.05, 0.1) is 0 Å². The molecule has 24 heavy (non-hydrogen) atoms. The van der Waals surface area contributed by atoms with E-state index in [1.807, 2.05) is 30.5 Å². The SMILES string of the molecule is Nc1nnc(-c2cncc(Br)c2)c(-c2c[nH]c3ccc(Cl)cc23)n1. The van der Waals surface area contributed by atoms with Crippen LogP contribution in [0, 0.1) is 0 Å². The first-order valence-electron chi connectivity index (χ1n) is 7.00. The van der Waals surface area contributed by atoms with E-state index in [0.29, 0.717) is 16.4 Å². The topological polar surface area (TPSA) is 93.4 Å². The zero-order valence-electron chi connectivity index (χ0n) is 12.2. The largest absolute Gasteiger partial charge is 0.366 e. The number of nitrogens with zero attached hydrogens (tertiary/aromatic N) is 4. The molecule has 3 aromatic heterocycles. The highest BCUT2D eigenvalue weighted by Gasteiger charge is 2.17. The van der Waals surface area contributed by atoms with Gasteiger partial charge >= 0.3 is 0 Å². The Hall–Kier alpha value is -2.51. The van der Waals surface area contributed by atoms with E-state index in [2.05, 4.69) is 41.1 Å². The van der Waals surface area contributed by atoms with Crippen molar-refractivity contribution in [1.29, 1.82) is 0 Å². The van der Waals surface area contributed by atoms with Crippen molar-refractivity contribution in [1.82, 2.24) is 25.1 Å². The highest BCUT2D eigenvalue weighted by atomic mass is 79.9. The van der Waals surface area contributed by atoms with Gasteiger partial charge in [-0.1, -0.05) is 11.6 Å². The molecular weight excluding hydrogens is 392 g/mol. The second kappa shape index (κ2) is 5.85. The third-order valence-electron chi connectivity index (χ3n) is 3.58. The molecule has 4 rings (SSSR count). The summed E-state index contributed by atoms with van der Waals surface area (Å²) in [6.07, 6.45) is 5.27. The van der Waals surface area contributed by atoms with Crippen LogP contribution >= 0.6 is 27.5 Å². The summed E-state index contributed by atoms with van der Waals surface area (Å²) in [5.41, 5.74) is 9.57. The number of aromatic amines is 1. The summed E-state index contributed by atoms with van der Waals surface area (Å²) in [4.78, 5) is 11.8. The number of nitrogen functional groups attached to an aromatic ring is 1. The maximum absolute atomic E-state index is 6.14. The van der Waals surface area contributed by atoms with Crippen molar-refractivity contribution in [3.63, 3.8) is 0 Å². The number of benzene rings is 1. The van der Waals surface area contributed by atoms with Gasteiger partial charge in [-0.15, -0.1) is 10.2 Å². The van der Waals surface area contributed by atoms with Crippen molar-refractivity contribution in [3.05, 3.63) is 52.4 Å². The first-order valence-corrected chi connectivity index (χ1v) is 8.17. The number of nitrogens with one attached hydrogen (secondary N) is 1. The molecule has 4 aromatic rings. The van der Waals surface area contributed by atoms with Gasteiger partial charge in [-0.3, -0.25) is 4.98 Å². The third-order valence-corrected chi connectivity index (χ3v) is 4.25. The van der Waals surface area contributed by atoms with Gasteiger partial charge in [-0.25, -0.2) is 4.98 Å². The predicted molar refractivity (Wildman–Crippen MR) is 97.5 cm³/mol. The molecule has 0 amide bonds. The first kappa shape index (κ1) is 15.0. The monoisotopic (exact) mass is 400 g/mol. The Morgan fingerprint density at radius 3 is 2.79 bits per heavy atom. The molecule has 0 fully saturated rings. The molecule has 6 nitrogen and oxygen atoms in total. The second-order valence-corrected chi connectivity index (χ2v) is 6.50. The van der Waals surface area contributed by atoms with Crippen molar-refractivity contribution in [2.75, 3.05) is 5.73 Å². The minimum Gasteiger partial charge on any atom is -0.366 e. The Kier molecular flexibility index (Phi) is 3.66. The Balaban J connectivity index is 2.00. The van der Waals surface area contributed by atoms with E-state index in [-0.39, 0.29) is 5.95 Å². The van der Waals surface area contributed by atoms with Crippen LogP contribution in [0.2, 0.25) is 5.02 Å². The van der Waals surface area contributed by atoms with E-state index in [1.165, 1.54) is 0 Å². The number of hydrogen-bond acceptors (Lipinski definition) is 5. The molecule has 8 heteroatoms. The number of fused-ring (bicyclic) bond motifs is 1. The minimum atomic E-state index is 0.105. The van der Waals surface area contributed by atoms with Gasteiger partial charge in [0.2, 0.25) is 5.95 Å². The lowest BCUT2D eigenvalue weighted by molar-refractivity contribution is 0.996. The van der Waals surface area contributed by atoms with Gasteiger partial charge in [-0.05, 0) is 40.2 Å². The number of rotatable bonds is 2. The van der Waals surface area contributed by atoms with Gasteiger partial charge in [-0.2, -0.15) is 0 Å². The van der Waals surface area contributed by atoms with Crippen LogP contribution in [-0.2, 0) is 0 Å². The second-order valence-electron chi connectivity index (χ2n) is 5.15. The fraction of sp³-hybridized carbons (Fsp3) is 0. The number of H-pyrrole nitrogens is 1. The predicted octanol–water partition coefficient (Wildman–Crippen LogP) is 4.08. The molecule has 0 unspecified atom stereocenters. The molecule has 0 bridgehead atoms. The summed E-state index contributed by atoms with van der Waals surface area (Å²) in [6.45, 7) is 0. The molecule has 0 aliphatic carbocycles. The lowest BCUT2D eigenvalue weighted by Gasteiger charge is -2.07. The van der Waals surface area contributed by atoms with Crippen molar-refractivity contribution in [2.24, 2.45) is 0 Å². The molecule has 0 saturated carbocycles. The fourth-order valence-electron chi connectivity index (χ4n) is 2.55. The minimum absolute atomic E-state index is 0.105. The summed E-state index contributed by atoms with van der Waals surface area (Å²) in [5.74, 6) is 0.105. The van der Waals surface area contributed by atoms with E-state index in [9.17, 15) is 0 Å². The quantitative estimate of drug-likeness (QED) is 0.528. The fourth-order valence-corrected chi connectivity index (χ4v) is 3.09. The van der Waals surface area contributed by atoms with E-state index in [0.717, 1.165) is 26.5 Å². The number of pyridine rings is 1.